The molecule has 1 N–H and O–H groups in total. The summed E-state index contributed by atoms with van der Waals surface area (Å²) in [6.07, 6.45) is 3.31. The van der Waals surface area contributed by atoms with Gasteiger partial charge in [-0.3, -0.25) is 0 Å². The van der Waals surface area contributed by atoms with Gasteiger partial charge >= 0.3 is 0 Å². The first kappa shape index (κ1) is 12.7. The Hall–Kier alpha value is -1.75. The van der Waals surface area contributed by atoms with Crippen LogP contribution in [0, 0.1) is 12.7 Å². The summed E-state index contributed by atoms with van der Waals surface area (Å²) in [6.45, 7) is 6.39. The second-order valence-corrected chi connectivity index (χ2v) is 4.54. The van der Waals surface area contributed by atoms with Crippen molar-refractivity contribution in [2.75, 3.05) is 0 Å². The lowest BCUT2D eigenvalue weighted by atomic mass is 10.2. The highest BCUT2D eigenvalue weighted by Crippen LogP contribution is 2.14. The van der Waals surface area contributed by atoms with Crippen molar-refractivity contribution >= 4 is 0 Å². The van der Waals surface area contributed by atoms with Crippen LogP contribution < -0.4 is 5.32 Å². The monoisotopic (exact) mass is 248 g/mol. The number of aromatic nitrogens is 3. The van der Waals surface area contributed by atoms with E-state index >= 15 is 0 Å². The number of hydrogen-bond acceptors (Lipinski definition) is 3. The van der Waals surface area contributed by atoms with Crippen LogP contribution in [-0.2, 0) is 6.54 Å². The Labute approximate surface area is 106 Å². The van der Waals surface area contributed by atoms with E-state index in [4.69, 9.17) is 0 Å². The average molecular weight is 248 g/mol. The summed E-state index contributed by atoms with van der Waals surface area (Å²) in [4.78, 5) is 4.05. The molecule has 96 valence electrons. The van der Waals surface area contributed by atoms with Gasteiger partial charge in [0, 0.05) is 30.5 Å². The molecule has 0 aliphatic heterocycles. The minimum Gasteiger partial charge on any atom is -0.310 e. The fourth-order valence-corrected chi connectivity index (χ4v) is 1.61. The number of aryl methyl sites for hydroxylation is 1. The summed E-state index contributed by atoms with van der Waals surface area (Å²) in [5.74, 6) is -0.0834. The van der Waals surface area contributed by atoms with Gasteiger partial charge in [-0.25, -0.2) is 14.1 Å². The summed E-state index contributed by atoms with van der Waals surface area (Å²) in [5.41, 5.74) is 1.43. The molecule has 0 saturated heterocycles. The first-order valence-electron chi connectivity index (χ1n) is 5.97. The maximum atomic E-state index is 14.3. The van der Waals surface area contributed by atoms with Crippen LogP contribution in [0.5, 0.6) is 0 Å². The molecule has 0 radical (unpaired) electrons. The van der Waals surface area contributed by atoms with E-state index in [9.17, 15) is 4.39 Å². The van der Waals surface area contributed by atoms with Crippen molar-refractivity contribution in [1.82, 2.24) is 20.1 Å². The number of nitrogens with zero attached hydrogens (tertiary/aromatic N) is 3. The van der Waals surface area contributed by atoms with E-state index in [1.54, 1.807) is 18.5 Å². The molecule has 0 bridgehead atoms. The Kier molecular flexibility index (Phi) is 3.72. The Morgan fingerprint density at radius 3 is 2.78 bits per heavy atom. The second-order valence-electron chi connectivity index (χ2n) is 4.54. The van der Waals surface area contributed by atoms with E-state index in [0.29, 0.717) is 18.2 Å². The van der Waals surface area contributed by atoms with Crippen LogP contribution >= 0.6 is 0 Å². The highest BCUT2D eigenvalue weighted by Gasteiger charge is 2.12. The molecule has 0 amide bonds. The number of halogens is 1. The van der Waals surface area contributed by atoms with E-state index in [1.807, 2.05) is 26.8 Å². The molecular weight excluding hydrogens is 231 g/mol. The Morgan fingerprint density at radius 1 is 1.39 bits per heavy atom. The number of rotatable bonds is 4. The van der Waals surface area contributed by atoms with Gasteiger partial charge in [0.15, 0.2) is 11.6 Å². The van der Waals surface area contributed by atoms with Gasteiger partial charge < -0.3 is 5.32 Å². The zero-order valence-corrected chi connectivity index (χ0v) is 10.8. The summed E-state index contributed by atoms with van der Waals surface area (Å²) in [5, 5.41) is 7.36. The van der Waals surface area contributed by atoms with Gasteiger partial charge in [0.25, 0.3) is 0 Å². The fraction of sp³-hybridized carbons (Fsp3) is 0.385. The largest absolute Gasteiger partial charge is 0.310 e. The van der Waals surface area contributed by atoms with Crippen LogP contribution in [0.3, 0.4) is 0 Å². The van der Waals surface area contributed by atoms with Crippen molar-refractivity contribution in [2.24, 2.45) is 0 Å². The van der Waals surface area contributed by atoms with E-state index < -0.39 is 0 Å². The third-order valence-electron chi connectivity index (χ3n) is 2.59. The van der Waals surface area contributed by atoms with Crippen molar-refractivity contribution in [3.05, 3.63) is 41.6 Å². The summed E-state index contributed by atoms with van der Waals surface area (Å²) < 4.78 is 15.7. The second kappa shape index (κ2) is 5.27. The van der Waals surface area contributed by atoms with Crippen molar-refractivity contribution in [3.63, 3.8) is 0 Å². The molecule has 0 aliphatic rings. The van der Waals surface area contributed by atoms with Gasteiger partial charge in [-0.15, -0.1) is 0 Å². The van der Waals surface area contributed by atoms with Crippen molar-refractivity contribution in [2.45, 2.75) is 33.4 Å². The fourth-order valence-electron chi connectivity index (χ4n) is 1.61. The van der Waals surface area contributed by atoms with Gasteiger partial charge in [-0.1, -0.05) is 13.8 Å². The van der Waals surface area contributed by atoms with E-state index in [0.717, 1.165) is 5.69 Å². The third-order valence-corrected chi connectivity index (χ3v) is 2.59. The predicted molar refractivity (Wildman–Crippen MR) is 68.0 cm³/mol. The molecule has 0 spiro atoms. The quantitative estimate of drug-likeness (QED) is 0.902. The van der Waals surface area contributed by atoms with Crippen molar-refractivity contribution in [1.29, 1.82) is 0 Å². The maximum absolute atomic E-state index is 14.3. The average Bonchev–Trinajstić information content (AvgIpc) is 2.74. The molecule has 4 nitrogen and oxygen atoms in total. The molecule has 0 aliphatic carbocycles. The first-order chi connectivity index (χ1) is 8.58. The molecule has 2 rings (SSSR count). The SMILES string of the molecule is Cc1ccn(-c2nccc(CNC(C)C)c2F)n1. The van der Waals surface area contributed by atoms with Gasteiger partial charge in [-0.2, -0.15) is 5.10 Å². The molecule has 0 fully saturated rings. The molecular formula is C13H17FN4. The van der Waals surface area contributed by atoms with Crippen LogP contribution in [0.4, 0.5) is 4.39 Å². The summed E-state index contributed by atoms with van der Waals surface area (Å²) in [6, 6.07) is 3.82. The smallest absolute Gasteiger partial charge is 0.190 e. The van der Waals surface area contributed by atoms with E-state index in [-0.39, 0.29) is 11.6 Å². The zero-order valence-electron chi connectivity index (χ0n) is 10.8. The minimum atomic E-state index is -0.325. The molecule has 0 aromatic carbocycles. The van der Waals surface area contributed by atoms with Gasteiger partial charge in [0.05, 0.1) is 5.69 Å². The van der Waals surface area contributed by atoms with Crippen molar-refractivity contribution < 1.29 is 4.39 Å². The van der Waals surface area contributed by atoms with Crippen LogP contribution in [0.15, 0.2) is 24.5 Å². The lowest BCUT2D eigenvalue weighted by molar-refractivity contribution is 0.542. The molecule has 2 aromatic heterocycles. The molecule has 5 heteroatoms. The molecule has 0 unspecified atom stereocenters. The highest BCUT2D eigenvalue weighted by atomic mass is 19.1. The van der Waals surface area contributed by atoms with Crippen molar-refractivity contribution in [3.8, 4) is 5.82 Å². The Bertz CT molecular complexity index is 534. The Balaban J connectivity index is 2.30. The normalized spacial score (nSPS) is 11.2. The Morgan fingerprint density at radius 2 is 2.17 bits per heavy atom. The number of nitrogens with one attached hydrogen (secondary N) is 1. The lowest BCUT2D eigenvalue weighted by Crippen LogP contribution is -2.23. The lowest BCUT2D eigenvalue weighted by Gasteiger charge is -2.10. The molecule has 18 heavy (non-hydrogen) atoms. The van der Waals surface area contributed by atoms with Crippen LogP contribution in [-0.4, -0.2) is 20.8 Å². The standard InChI is InChI=1S/C13H17FN4/c1-9(2)16-8-11-4-6-15-13(12(11)14)18-7-5-10(3)17-18/h4-7,9,16H,8H2,1-3H3. The zero-order chi connectivity index (χ0) is 13.1. The first-order valence-corrected chi connectivity index (χ1v) is 5.97. The third kappa shape index (κ3) is 2.73. The maximum Gasteiger partial charge on any atom is 0.190 e. The van der Waals surface area contributed by atoms with E-state index in [1.165, 1.54) is 4.68 Å². The van der Waals surface area contributed by atoms with E-state index in [2.05, 4.69) is 15.4 Å². The number of pyridine rings is 1. The topological polar surface area (TPSA) is 42.7 Å². The summed E-state index contributed by atoms with van der Waals surface area (Å²) >= 11 is 0. The minimum absolute atomic E-state index is 0.242. The predicted octanol–water partition coefficient (Wildman–Crippen LogP) is 2.21. The van der Waals surface area contributed by atoms with Gasteiger partial charge in [-0.05, 0) is 19.1 Å². The molecule has 0 atom stereocenters. The highest BCUT2D eigenvalue weighted by molar-refractivity contribution is 5.30. The number of hydrogen-bond donors (Lipinski definition) is 1. The van der Waals surface area contributed by atoms with Crippen LogP contribution in [0.2, 0.25) is 0 Å². The van der Waals surface area contributed by atoms with Crippen LogP contribution in [0.25, 0.3) is 5.82 Å². The molecule has 2 heterocycles. The molecule has 2 aromatic rings. The molecule has 0 saturated carbocycles. The van der Waals surface area contributed by atoms with Gasteiger partial charge in [0.1, 0.15) is 0 Å². The van der Waals surface area contributed by atoms with Crippen LogP contribution in [0.1, 0.15) is 25.1 Å². The summed E-state index contributed by atoms with van der Waals surface area (Å²) in [7, 11) is 0. The van der Waals surface area contributed by atoms with Gasteiger partial charge in [0.2, 0.25) is 0 Å².